The van der Waals surface area contributed by atoms with Gasteiger partial charge in [0.15, 0.2) is 0 Å². The van der Waals surface area contributed by atoms with Crippen LogP contribution in [-0.2, 0) is 4.74 Å². The van der Waals surface area contributed by atoms with E-state index in [-0.39, 0.29) is 6.10 Å². The second kappa shape index (κ2) is 4.55. The van der Waals surface area contributed by atoms with Gasteiger partial charge in [0.25, 0.3) is 0 Å². The first-order valence-corrected chi connectivity index (χ1v) is 7.39. The molecule has 4 aliphatic rings. The fraction of sp³-hybridized carbons (Fsp3) is 1.00. The Kier molecular flexibility index (Phi) is 3.20. The van der Waals surface area contributed by atoms with Crippen molar-refractivity contribution >= 4 is 0 Å². The van der Waals surface area contributed by atoms with Crippen molar-refractivity contribution in [3.8, 4) is 0 Å². The lowest BCUT2D eigenvalue weighted by Crippen LogP contribution is -2.51. The zero-order valence-electron chi connectivity index (χ0n) is 11.0. The van der Waals surface area contributed by atoms with Crippen LogP contribution in [0.4, 0.5) is 0 Å². The van der Waals surface area contributed by atoms with Crippen LogP contribution in [0.15, 0.2) is 0 Å². The van der Waals surface area contributed by atoms with Crippen molar-refractivity contribution in [1.82, 2.24) is 0 Å². The third kappa shape index (κ3) is 2.15. The van der Waals surface area contributed by atoms with Crippen molar-refractivity contribution in [3.05, 3.63) is 0 Å². The van der Waals surface area contributed by atoms with Crippen molar-refractivity contribution < 1.29 is 9.84 Å². The van der Waals surface area contributed by atoms with Crippen LogP contribution in [0.1, 0.15) is 51.4 Å². The third-order valence-electron chi connectivity index (χ3n) is 5.62. The molecule has 0 heterocycles. The van der Waals surface area contributed by atoms with Crippen LogP contribution in [0.3, 0.4) is 0 Å². The number of aliphatic hydroxyl groups is 1. The summed E-state index contributed by atoms with van der Waals surface area (Å²) in [5.74, 6) is 2.83. The van der Waals surface area contributed by atoms with Gasteiger partial charge in [-0.05, 0) is 74.5 Å². The Balaban J connectivity index is 1.64. The highest BCUT2D eigenvalue weighted by atomic mass is 16.5. The van der Waals surface area contributed by atoms with Crippen molar-refractivity contribution in [3.63, 3.8) is 0 Å². The lowest BCUT2D eigenvalue weighted by Gasteiger charge is -2.58. The van der Waals surface area contributed by atoms with Gasteiger partial charge in [-0.3, -0.25) is 0 Å². The molecule has 0 aromatic carbocycles. The van der Waals surface area contributed by atoms with Gasteiger partial charge in [-0.1, -0.05) is 0 Å². The molecule has 4 saturated carbocycles. The van der Waals surface area contributed by atoms with E-state index in [1.165, 1.54) is 38.5 Å². The Morgan fingerprint density at radius 2 is 1.65 bits per heavy atom. The van der Waals surface area contributed by atoms with Gasteiger partial charge in [-0.2, -0.15) is 0 Å². The van der Waals surface area contributed by atoms with Crippen LogP contribution in [-0.4, -0.2) is 24.9 Å². The third-order valence-corrected chi connectivity index (χ3v) is 5.62. The molecule has 98 valence electrons. The quantitative estimate of drug-likeness (QED) is 0.746. The predicted octanol–water partition coefficient (Wildman–Crippen LogP) is 2.99. The summed E-state index contributed by atoms with van der Waals surface area (Å²) >= 11 is 0. The minimum Gasteiger partial charge on any atom is -0.393 e. The maximum atomic E-state index is 10.6. The van der Waals surface area contributed by atoms with Crippen LogP contribution in [0.2, 0.25) is 0 Å². The van der Waals surface area contributed by atoms with Crippen LogP contribution < -0.4 is 0 Å². The summed E-state index contributed by atoms with van der Waals surface area (Å²) in [5, 5.41) is 10.6. The number of aliphatic hydroxyl groups excluding tert-OH is 1. The SMILES string of the molecule is COCCCC(O)C12CC3CC(CC(C3)C1)C2. The molecule has 0 aromatic heterocycles. The molecule has 1 N–H and O–H groups in total. The fourth-order valence-electron chi connectivity index (χ4n) is 5.31. The summed E-state index contributed by atoms with van der Waals surface area (Å²) < 4.78 is 5.10. The van der Waals surface area contributed by atoms with Crippen LogP contribution in [0.5, 0.6) is 0 Å². The monoisotopic (exact) mass is 238 g/mol. The molecule has 4 bridgehead atoms. The van der Waals surface area contributed by atoms with Crippen molar-refractivity contribution in [2.24, 2.45) is 23.2 Å². The van der Waals surface area contributed by atoms with Gasteiger partial charge in [0.05, 0.1) is 6.10 Å². The molecule has 0 radical (unpaired) electrons. The Hall–Kier alpha value is -0.0800. The van der Waals surface area contributed by atoms with Crippen molar-refractivity contribution in [2.45, 2.75) is 57.5 Å². The van der Waals surface area contributed by atoms with Crippen LogP contribution >= 0.6 is 0 Å². The molecule has 0 aromatic rings. The summed E-state index contributed by atoms with van der Waals surface area (Å²) in [5.41, 5.74) is 0.308. The van der Waals surface area contributed by atoms with E-state index in [9.17, 15) is 5.11 Å². The van der Waals surface area contributed by atoms with E-state index in [0.29, 0.717) is 5.41 Å². The Morgan fingerprint density at radius 3 is 2.12 bits per heavy atom. The lowest BCUT2D eigenvalue weighted by atomic mass is 9.48. The zero-order chi connectivity index (χ0) is 11.9. The Labute approximate surface area is 105 Å². The average Bonchev–Trinajstić information content (AvgIpc) is 2.27. The molecule has 4 aliphatic carbocycles. The fourth-order valence-corrected chi connectivity index (χ4v) is 5.31. The summed E-state index contributed by atoms with van der Waals surface area (Å²) in [6.07, 6.45) is 10.2. The van der Waals surface area contributed by atoms with E-state index in [2.05, 4.69) is 0 Å². The highest BCUT2D eigenvalue weighted by molar-refractivity contribution is 5.04. The first-order valence-electron chi connectivity index (χ1n) is 7.39. The van der Waals surface area contributed by atoms with Crippen molar-refractivity contribution in [2.75, 3.05) is 13.7 Å². The summed E-state index contributed by atoms with van der Waals surface area (Å²) in [7, 11) is 1.75. The van der Waals surface area contributed by atoms with E-state index in [0.717, 1.165) is 37.2 Å². The second-order valence-electron chi connectivity index (χ2n) is 6.93. The molecule has 4 rings (SSSR count). The highest BCUT2D eigenvalue weighted by Crippen LogP contribution is 2.61. The van der Waals surface area contributed by atoms with E-state index < -0.39 is 0 Å². The topological polar surface area (TPSA) is 29.5 Å². The number of hydrogen-bond acceptors (Lipinski definition) is 2. The summed E-state index contributed by atoms with van der Waals surface area (Å²) in [4.78, 5) is 0. The van der Waals surface area contributed by atoms with Crippen LogP contribution in [0, 0.1) is 23.2 Å². The van der Waals surface area contributed by atoms with Gasteiger partial charge in [0.2, 0.25) is 0 Å². The van der Waals surface area contributed by atoms with Gasteiger partial charge < -0.3 is 9.84 Å². The first kappa shape index (κ1) is 12.0. The standard InChI is InChI=1S/C15H26O2/c1-17-4-2-3-14(16)15-8-11-5-12(9-15)7-13(6-11)10-15/h11-14,16H,2-10H2,1H3. The van der Waals surface area contributed by atoms with Gasteiger partial charge >= 0.3 is 0 Å². The number of hydrogen-bond donors (Lipinski definition) is 1. The molecule has 0 spiro atoms. The van der Waals surface area contributed by atoms with E-state index in [1.807, 2.05) is 0 Å². The van der Waals surface area contributed by atoms with E-state index >= 15 is 0 Å². The largest absolute Gasteiger partial charge is 0.393 e. The molecule has 1 unspecified atom stereocenters. The maximum absolute atomic E-state index is 10.6. The Morgan fingerprint density at radius 1 is 1.12 bits per heavy atom. The molecule has 0 aliphatic heterocycles. The number of rotatable bonds is 5. The minimum atomic E-state index is -0.0638. The minimum absolute atomic E-state index is 0.0638. The molecule has 2 heteroatoms. The van der Waals surface area contributed by atoms with Gasteiger partial charge in [0.1, 0.15) is 0 Å². The molecule has 17 heavy (non-hydrogen) atoms. The van der Waals surface area contributed by atoms with Gasteiger partial charge in [-0.25, -0.2) is 0 Å². The number of methoxy groups -OCH3 is 1. The van der Waals surface area contributed by atoms with Gasteiger partial charge in [0, 0.05) is 13.7 Å². The molecule has 0 amide bonds. The molecular formula is C15H26O2. The second-order valence-corrected chi connectivity index (χ2v) is 6.93. The van der Waals surface area contributed by atoms with Crippen molar-refractivity contribution in [1.29, 1.82) is 0 Å². The summed E-state index contributed by atoms with van der Waals surface area (Å²) in [6.45, 7) is 0.795. The average molecular weight is 238 g/mol. The first-order chi connectivity index (χ1) is 8.22. The highest BCUT2D eigenvalue weighted by Gasteiger charge is 2.53. The maximum Gasteiger partial charge on any atom is 0.0597 e. The molecule has 4 fully saturated rings. The van der Waals surface area contributed by atoms with Crippen LogP contribution in [0.25, 0.3) is 0 Å². The lowest BCUT2D eigenvalue weighted by molar-refractivity contribution is -0.123. The smallest absolute Gasteiger partial charge is 0.0597 e. The zero-order valence-corrected chi connectivity index (χ0v) is 11.0. The van der Waals surface area contributed by atoms with E-state index in [4.69, 9.17) is 4.74 Å². The van der Waals surface area contributed by atoms with E-state index in [1.54, 1.807) is 7.11 Å². The predicted molar refractivity (Wildman–Crippen MR) is 67.7 cm³/mol. The number of ether oxygens (including phenoxy) is 1. The molecule has 1 atom stereocenters. The molecular weight excluding hydrogens is 212 g/mol. The Bertz CT molecular complexity index is 239. The summed E-state index contributed by atoms with van der Waals surface area (Å²) in [6, 6.07) is 0. The molecule has 2 nitrogen and oxygen atoms in total. The molecule has 0 saturated heterocycles. The normalized spacial score (nSPS) is 45.2. The van der Waals surface area contributed by atoms with Gasteiger partial charge in [-0.15, -0.1) is 0 Å².